The van der Waals surface area contributed by atoms with E-state index >= 15 is 0 Å². The fourth-order valence-corrected chi connectivity index (χ4v) is 9.63. The Morgan fingerprint density at radius 2 is 2.03 bits per heavy atom. The first-order valence-electron chi connectivity index (χ1n) is 14.1. The second-order valence-corrected chi connectivity index (χ2v) is 13.6. The molecule has 3 fully saturated rings. The number of hydrogen-bond acceptors (Lipinski definition) is 6. The van der Waals surface area contributed by atoms with Gasteiger partial charge < -0.3 is 19.8 Å². The molecule has 1 aromatic heterocycles. The van der Waals surface area contributed by atoms with Crippen LogP contribution in [0.25, 0.3) is 10.1 Å². The van der Waals surface area contributed by atoms with Gasteiger partial charge in [-0.1, -0.05) is 12.1 Å². The van der Waals surface area contributed by atoms with Gasteiger partial charge in [-0.3, -0.25) is 9.69 Å². The maximum atomic E-state index is 13.5. The van der Waals surface area contributed by atoms with Crippen molar-refractivity contribution in [2.45, 2.75) is 81.6 Å². The molecular formula is C31H35ClN2O4S. The SMILES string of the molecule is CC(=O)N(c1cccc2sc(C)cc12)[C@H]1CC[C@@]2(O)[C@H]3Cc4ccc(O)c5c4[C@@]2(CCN3CC2CC2)[C@H]1O5.Cl. The average Bonchev–Trinajstić information content (AvgIpc) is 3.49. The number of benzene rings is 2. The topological polar surface area (TPSA) is 73.2 Å². The fourth-order valence-electron chi connectivity index (χ4n) is 8.68. The Hall–Kier alpha value is -2.32. The van der Waals surface area contributed by atoms with Gasteiger partial charge in [0.15, 0.2) is 11.5 Å². The maximum absolute atomic E-state index is 13.5. The first kappa shape index (κ1) is 25.6. The third-order valence-corrected chi connectivity index (χ3v) is 11.3. The summed E-state index contributed by atoms with van der Waals surface area (Å²) in [5.74, 6) is 1.40. The number of anilines is 1. The number of aliphatic hydroxyl groups is 1. The molecule has 3 heterocycles. The molecule has 8 rings (SSSR count). The van der Waals surface area contributed by atoms with Crippen molar-refractivity contribution in [1.82, 2.24) is 4.90 Å². The van der Waals surface area contributed by atoms with E-state index in [1.54, 1.807) is 24.3 Å². The highest BCUT2D eigenvalue weighted by atomic mass is 35.5. The number of halogens is 1. The van der Waals surface area contributed by atoms with Gasteiger partial charge in [0.2, 0.25) is 5.91 Å². The van der Waals surface area contributed by atoms with Gasteiger partial charge >= 0.3 is 0 Å². The number of amides is 1. The molecule has 1 saturated heterocycles. The monoisotopic (exact) mass is 566 g/mol. The van der Waals surface area contributed by atoms with Crippen LogP contribution < -0.4 is 9.64 Å². The minimum absolute atomic E-state index is 0. The molecule has 2 bridgehead atoms. The Kier molecular flexibility index (Phi) is 5.65. The zero-order chi connectivity index (χ0) is 26.0. The van der Waals surface area contributed by atoms with Crippen molar-refractivity contribution in [3.63, 3.8) is 0 Å². The van der Waals surface area contributed by atoms with Crippen molar-refractivity contribution in [1.29, 1.82) is 0 Å². The van der Waals surface area contributed by atoms with Crippen LogP contribution in [0.3, 0.4) is 0 Å². The van der Waals surface area contributed by atoms with E-state index in [0.717, 1.165) is 48.5 Å². The number of phenols is 1. The highest BCUT2D eigenvalue weighted by Gasteiger charge is 2.73. The number of fused-ring (bicyclic) bond motifs is 1. The van der Waals surface area contributed by atoms with Crippen molar-refractivity contribution >= 4 is 45.4 Å². The second-order valence-electron chi connectivity index (χ2n) is 12.3. The normalized spacial score (nSPS) is 32.3. The van der Waals surface area contributed by atoms with Gasteiger partial charge in [-0.05, 0) is 87.7 Å². The Morgan fingerprint density at radius 3 is 2.79 bits per heavy atom. The third-order valence-electron chi connectivity index (χ3n) is 10.3. The Labute approximate surface area is 239 Å². The van der Waals surface area contributed by atoms with Crippen LogP contribution in [0, 0.1) is 12.8 Å². The number of carbonyl (C=O) groups excluding carboxylic acids is 1. The second kappa shape index (κ2) is 8.59. The van der Waals surface area contributed by atoms with Crippen molar-refractivity contribution in [2.24, 2.45) is 5.92 Å². The summed E-state index contributed by atoms with van der Waals surface area (Å²) < 4.78 is 7.93. The molecule has 8 heteroatoms. The summed E-state index contributed by atoms with van der Waals surface area (Å²) in [6, 6.07) is 11.9. The molecular weight excluding hydrogens is 532 g/mol. The summed E-state index contributed by atoms with van der Waals surface area (Å²) in [6.07, 6.45) is 4.96. The van der Waals surface area contributed by atoms with Crippen LogP contribution in [0.4, 0.5) is 5.69 Å². The number of hydrogen-bond donors (Lipinski definition) is 2. The standard InChI is InChI=1S/C31H34N2O4S.ClH/c1-17-14-21-22(4-3-5-25(21)38-17)33(18(2)34)23-10-11-31(36)26-15-20-8-9-24(35)28-27(20)30(31,29(23)37-28)12-13-32(26)16-19-6-7-19;/h3-5,8-9,14,19,23,26,29,35-36H,6-7,10-13,15-16H2,1-2H3;1H/t23-,26+,29-,30-,31+;/m0./s1. The van der Waals surface area contributed by atoms with Crippen molar-refractivity contribution in [2.75, 3.05) is 18.0 Å². The summed E-state index contributed by atoms with van der Waals surface area (Å²) in [5.41, 5.74) is 1.50. The van der Waals surface area contributed by atoms with E-state index in [-0.39, 0.29) is 36.1 Å². The van der Waals surface area contributed by atoms with Crippen LogP contribution in [-0.2, 0) is 16.6 Å². The number of rotatable bonds is 4. The van der Waals surface area contributed by atoms with Gasteiger partial charge in [-0.2, -0.15) is 0 Å². The summed E-state index contributed by atoms with van der Waals surface area (Å²) in [5, 5.41) is 24.8. The summed E-state index contributed by atoms with van der Waals surface area (Å²) >= 11 is 1.74. The smallest absolute Gasteiger partial charge is 0.224 e. The number of phenolic OH excluding ortho intramolecular Hbond substituents is 1. The number of thiophene rings is 1. The van der Waals surface area contributed by atoms with Crippen LogP contribution in [0.2, 0.25) is 0 Å². The lowest BCUT2D eigenvalue weighted by Crippen LogP contribution is -2.78. The predicted octanol–water partition coefficient (Wildman–Crippen LogP) is 5.32. The Morgan fingerprint density at radius 1 is 1.21 bits per heavy atom. The highest BCUT2D eigenvalue weighted by molar-refractivity contribution is 7.19. The van der Waals surface area contributed by atoms with Crippen LogP contribution >= 0.6 is 23.7 Å². The quantitative estimate of drug-likeness (QED) is 0.447. The zero-order valence-electron chi connectivity index (χ0n) is 22.4. The number of piperidine rings is 1. The number of ether oxygens (including phenoxy) is 1. The van der Waals surface area contributed by atoms with Crippen LogP contribution in [0.5, 0.6) is 11.5 Å². The first-order valence-corrected chi connectivity index (χ1v) is 14.9. The molecule has 5 aliphatic rings. The molecule has 206 valence electrons. The first-order chi connectivity index (χ1) is 18.3. The van der Waals surface area contributed by atoms with Gasteiger partial charge in [0.1, 0.15) is 6.10 Å². The maximum Gasteiger partial charge on any atom is 0.224 e. The molecule has 2 aromatic carbocycles. The van der Waals surface area contributed by atoms with E-state index in [4.69, 9.17) is 4.74 Å². The highest BCUT2D eigenvalue weighted by Crippen LogP contribution is 2.66. The fraction of sp³-hybridized carbons (Fsp3) is 0.516. The van der Waals surface area contributed by atoms with Crippen LogP contribution in [-0.4, -0.2) is 57.9 Å². The molecule has 1 amide bonds. The summed E-state index contributed by atoms with van der Waals surface area (Å²) in [7, 11) is 0. The molecule has 5 atom stereocenters. The number of carbonyl (C=O) groups is 1. The predicted molar refractivity (Wildman–Crippen MR) is 156 cm³/mol. The van der Waals surface area contributed by atoms with E-state index in [0.29, 0.717) is 18.6 Å². The van der Waals surface area contributed by atoms with E-state index in [1.807, 2.05) is 23.1 Å². The largest absolute Gasteiger partial charge is 0.504 e. The van der Waals surface area contributed by atoms with Gasteiger partial charge in [0.25, 0.3) is 0 Å². The number of aryl methyl sites for hydroxylation is 1. The van der Waals surface area contributed by atoms with Crippen molar-refractivity contribution < 1.29 is 19.7 Å². The lowest BCUT2D eigenvalue weighted by molar-refractivity contribution is -0.190. The lowest BCUT2D eigenvalue weighted by atomic mass is 9.48. The molecule has 3 aromatic rings. The van der Waals surface area contributed by atoms with E-state index in [1.165, 1.54) is 28.0 Å². The van der Waals surface area contributed by atoms with Gasteiger partial charge in [0, 0.05) is 40.0 Å². The lowest BCUT2D eigenvalue weighted by Gasteiger charge is -2.64. The Balaban J connectivity index is 0.00000253. The van der Waals surface area contributed by atoms with Crippen molar-refractivity contribution in [3.05, 3.63) is 52.4 Å². The van der Waals surface area contributed by atoms with Gasteiger partial charge in [-0.25, -0.2) is 0 Å². The zero-order valence-corrected chi connectivity index (χ0v) is 24.0. The molecule has 2 saturated carbocycles. The molecule has 2 N–H and O–H groups in total. The van der Waals surface area contributed by atoms with E-state index in [2.05, 4.69) is 24.0 Å². The molecule has 3 aliphatic carbocycles. The van der Waals surface area contributed by atoms with E-state index in [9.17, 15) is 15.0 Å². The third kappa shape index (κ3) is 3.30. The molecule has 2 aliphatic heterocycles. The van der Waals surface area contributed by atoms with Crippen molar-refractivity contribution in [3.8, 4) is 11.5 Å². The number of nitrogens with zero attached hydrogens (tertiary/aromatic N) is 2. The molecule has 0 radical (unpaired) electrons. The summed E-state index contributed by atoms with van der Waals surface area (Å²) in [4.78, 5) is 19.2. The van der Waals surface area contributed by atoms with Crippen LogP contribution in [0.1, 0.15) is 55.0 Å². The minimum atomic E-state index is -0.958. The molecule has 1 spiro atoms. The molecule has 0 unspecified atom stereocenters. The van der Waals surface area contributed by atoms with Gasteiger partial charge in [0.05, 0.1) is 22.7 Å². The number of aromatic hydroxyl groups is 1. The number of likely N-dealkylation sites (tertiary alicyclic amines) is 1. The molecule has 6 nitrogen and oxygen atoms in total. The summed E-state index contributed by atoms with van der Waals surface area (Å²) in [6.45, 7) is 5.70. The Bertz CT molecular complexity index is 1500. The average molecular weight is 567 g/mol. The van der Waals surface area contributed by atoms with Crippen LogP contribution in [0.15, 0.2) is 36.4 Å². The van der Waals surface area contributed by atoms with Gasteiger partial charge in [-0.15, -0.1) is 23.7 Å². The van der Waals surface area contributed by atoms with E-state index < -0.39 is 17.1 Å². The minimum Gasteiger partial charge on any atom is -0.504 e. The molecule has 39 heavy (non-hydrogen) atoms.